The Morgan fingerprint density at radius 1 is 1.42 bits per heavy atom. The van der Waals surface area contributed by atoms with Crippen LogP contribution in [0.5, 0.6) is 0 Å². The van der Waals surface area contributed by atoms with Gasteiger partial charge in [0.15, 0.2) is 0 Å². The molecule has 1 aromatic rings. The predicted octanol–water partition coefficient (Wildman–Crippen LogP) is 1.90. The maximum atomic E-state index is 4.67. The minimum atomic E-state index is 0.117. The number of rotatable bonds is 5. The van der Waals surface area contributed by atoms with Gasteiger partial charge >= 0.3 is 0 Å². The van der Waals surface area contributed by atoms with Gasteiger partial charge in [0.2, 0.25) is 0 Å². The number of nitrogens with one attached hydrogen (secondary N) is 1. The normalized spacial score (nSPS) is 16.9. The summed E-state index contributed by atoms with van der Waals surface area (Å²) in [6.45, 7) is 13.4. The molecule has 1 saturated heterocycles. The minimum absolute atomic E-state index is 0.117. The second kappa shape index (κ2) is 5.63. The van der Waals surface area contributed by atoms with Crippen LogP contribution in [0.1, 0.15) is 45.4 Å². The van der Waals surface area contributed by atoms with Crippen LogP contribution < -0.4 is 5.32 Å². The molecule has 0 spiro atoms. The first kappa shape index (κ1) is 14.5. The van der Waals surface area contributed by atoms with Gasteiger partial charge in [0.05, 0.1) is 5.69 Å². The topological polar surface area (TPSA) is 33.1 Å². The van der Waals surface area contributed by atoms with Gasteiger partial charge in [-0.25, -0.2) is 0 Å². The van der Waals surface area contributed by atoms with Gasteiger partial charge in [-0.2, -0.15) is 5.10 Å². The molecule has 1 aromatic heterocycles. The van der Waals surface area contributed by atoms with Crippen LogP contribution in [0, 0.1) is 0 Å². The highest BCUT2D eigenvalue weighted by Gasteiger charge is 2.27. The fraction of sp³-hybridized carbons (Fsp3) is 0.800. The predicted molar refractivity (Wildman–Crippen MR) is 79.3 cm³/mol. The van der Waals surface area contributed by atoms with E-state index < -0.39 is 0 Å². The molecule has 108 valence electrons. The first-order valence-corrected chi connectivity index (χ1v) is 7.39. The van der Waals surface area contributed by atoms with Crippen LogP contribution in [0.3, 0.4) is 0 Å². The van der Waals surface area contributed by atoms with Crippen LogP contribution in [0.15, 0.2) is 6.20 Å². The van der Waals surface area contributed by atoms with Crippen molar-refractivity contribution in [1.29, 1.82) is 0 Å². The lowest BCUT2D eigenvalue weighted by atomic mass is 9.89. The average molecular weight is 264 g/mol. The van der Waals surface area contributed by atoms with E-state index >= 15 is 0 Å². The fourth-order valence-electron chi connectivity index (χ4n) is 2.71. The minimum Gasteiger partial charge on any atom is -0.314 e. The molecule has 4 nitrogen and oxygen atoms in total. The summed E-state index contributed by atoms with van der Waals surface area (Å²) in [7, 11) is 2.02. The molecule has 0 bridgehead atoms. The van der Waals surface area contributed by atoms with Crippen LogP contribution in [0.4, 0.5) is 0 Å². The van der Waals surface area contributed by atoms with Gasteiger partial charge < -0.3 is 5.32 Å². The van der Waals surface area contributed by atoms with E-state index in [4.69, 9.17) is 0 Å². The lowest BCUT2D eigenvalue weighted by Gasteiger charge is -2.38. The van der Waals surface area contributed by atoms with Gasteiger partial charge in [-0.15, -0.1) is 0 Å². The first-order valence-electron chi connectivity index (χ1n) is 7.39. The maximum absolute atomic E-state index is 4.67. The lowest BCUT2D eigenvalue weighted by molar-refractivity contribution is 0.137. The molecular weight excluding hydrogens is 236 g/mol. The van der Waals surface area contributed by atoms with Crippen LogP contribution in [-0.2, 0) is 19.0 Å². The van der Waals surface area contributed by atoms with Gasteiger partial charge in [0.25, 0.3) is 0 Å². The van der Waals surface area contributed by atoms with Crippen molar-refractivity contribution in [2.24, 2.45) is 7.05 Å². The largest absolute Gasteiger partial charge is 0.314 e. The zero-order chi connectivity index (χ0) is 14.0. The molecule has 0 saturated carbocycles. The van der Waals surface area contributed by atoms with E-state index in [0.717, 1.165) is 19.6 Å². The average Bonchev–Trinajstić information content (AvgIpc) is 2.56. The highest BCUT2D eigenvalue weighted by atomic mass is 15.3. The fourth-order valence-corrected chi connectivity index (χ4v) is 2.71. The molecule has 0 radical (unpaired) electrons. The third-order valence-electron chi connectivity index (χ3n) is 3.78. The molecule has 2 rings (SSSR count). The molecule has 0 aliphatic carbocycles. The summed E-state index contributed by atoms with van der Waals surface area (Å²) in [6, 6.07) is 0.702. The summed E-state index contributed by atoms with van der Waals surface area (Å²) in [6.07, 6.45) is 3.40. The van der Waals surface area contributed by atoms with E-state index in [2.05, 4.69) is 49.2 Å². The van der Waals surface area contributed by atoms with Crippen molar-refractivity contribution in [3.8, 4) is 0 Å². The Labute approximate surface area is 117 Å². The molecule has 0 atom stereocenters. The van der Waals surface area contributed by atoms with Crippen molar-refractivity contribution < 1.29 is 0 Å². The number of nitrogens with zero attached hydrogens (tertiary/aromatic N) is 3. The van der Waals surface area contributed by atoms with E-state index in [0.29, 0.717) is 6.04 Å². The highest BCUT2D eigenvalue weighted by Crippen LogP contribution is 2.26. The van der Waals surface area contributed by atoms with Crippen molar-refractivity contribution in [2.75, 3.05) is 19.6 Å². The number of hydrogen-bond donors (Lipinski definition) is 1. The van der Waals surface area contributed by atoms with Crippen molar-refractivity contribution >= 4 is 0 Å². The van der Waals surface area contributed by atoms with E-state index in [1.807, 2.05) is 11.7 Å². The Hall–Kier alpha value is -0.870. The van der Waals surface area contributed by atoms with E-state index in [1.165, 1.54) is 24.2 Å². The maximum Gasteiger partial charge on any atom is 0.0722 e. The summed E-state index contributed by atoms with van der Waals surface area (Å²) in [5, 5.41) is 8.05. The molecule has 0 aromatic carbocycles. The highest BCUT2D eigenvalue weighted by molar-refractivity contribution is 5.24. The molecule has 19 heavy (non-hydrogen) atoms. The number of aryl methyl sites for hydroxylation is 1. The van der Waals surface area contributed by atoms with Gasteiger partial charge in [0, 0.05) is 49.9 Å². The lowest BCUT2D eigenvalue weighted by Crippen LogP contribution is -2.57. The zero-order valence-electron chi connectivity index (χ0n) is 13.0. The molecular formula is C15H28N4. The van der Waals surface area contributed by atoms with Crippen LogP contribution >= 0.6 is 0 Å². The monoisotopic (exact) mass is 264 g/mol. The van der Waals surface area contributed by atoms with Crippen molar-refractivity contribution in [1.82, 2.24) is 20.0 Å². The third-order valence-corrected chi connectivity index (χ3v) is 3.78. The summed E-state index contributed by atoms with van der Waals surface area (Å²) in [4.78, 5) is 2.60. The Morgan fingerprint density at radius 2 is 2.11 bits per heavy atom. The summed E-state index contributed by atoms with van der Waals surface area (Å²) < 4.78 is 1.96. The van der Waals surface area contributed by atoms with Crippen LogP contribution in [0.25, 0.3) is 0 Å². The van der Waals surface area contributed by atoms with E-state index in [1.54, 1.807) is 0 Å². The van der Waals surface area contributed by atoms with Crippen molar-refractivity contribution in [3.05, 3.63) is 17.5 Å². The smallest absolute Gasteiger partial charge is 0.0722 e. The van der Waals surface area contributed by atoms with Crippen molar-refractivity contribution in [3.63, 3.8) is 0 Å². The Kier molecular flexibility index (Phi) is 4.31. The molecule has 1 aliphatic rings. The van der Waals surface area contributed by atoms with Gasteiger partial charge in [0.1, 0.15) is 0 Å². The molecule has 0 unspecified atom stereocenters. The number of hydrogen-bond acceptors (Lipinski definition) is 3. The molecule has 1 fully saturated rings. The summed E-state index contributed by atoms with van der Waals surface area (Å²) in [5.41, 5.74) is 2.74. The Morgan fingerprint density at radius 3 is 2.58 bits per heavy atom. The Balaban J connectivity index is 2.16. The Bertz CT molecular complexity index is 412. The first-order chi connectivity index (χ1) is 8.91. The molecule has 4 heteroatoms. The molecule has 2 heterocycles. The zero-order valence-corrected chi connectivity index (χ0v) is 13.0. The quantitative estimate of drug-likeness (QED) is 0.882. The van der Waals surface area contributed by atoms with E-state index in [-0.39, 0.29) is 5.41 Å². The summed E-state index contributed by atoms with van der Waals surface area (Å²) >= 11 is 0. The van der Waals surface area contributed by atoms with Gasteiger partial charge in [-0.3, -0.25) is 9.58 Å². The SMILES string of the molecule is CCCN(Cc1cn(C)nc1C(C)(C)C)C1CNC1. The second-order valence-corrected chi connectivity index (χ2v) is 6.71. The van der Waals surface area contributed by atoms with Crippen molar-refractivity contribution in [2.45, 2.75) is 52.1 Å². The molecule has 0 amide bonds. The van der Waals surface area contributed by atoms with Gasteiger partial charge in [-0.05, 0) is 13.0 Å². The van der Waals surface area contributed by atoms with Crippen LogP contribution in [0.2, 0.25) is 0 Å². The van der Waals surface area contributed by atoms with E-state index in [9.17, 15) is 0 Å². The van der Waals surface area contributed by atoms with Crippen LogP contribution in [-0.4, -0.2) is 40.4 Å². The molecule has 1 N–H and O–H groups in total. The van der Waals surface area contributed by atoms with Gasteiger partial charge in [-0.1, -0.05) is 27.7 Å². The number of aromatic nitrogens is 2. The standard InChI is InChI=1S/C15H28N4/c1-6-7-19(13-8-16-9-13)11-12-10-18(5)17-14(12)15(2,3)4/h10,13,16H,6-9,11H2,1-5H3. The third kappa shape index (κ3) is 3.37. The second-order valence-electron chi connectivity index (χ2n) is 6.71. The summed E-state index contributed by atoms with van der Waals surface area (Å²) in [5.74, 6) is 0. The molecule has 1 aliphatic heterocycles.